The maximum Gasteiger partial charge on any atom is 0.412 e. The van der Waals surface area contributed by atoms with Gasteiger partial charge in [0.25, 0.3) is 0 Å². The molecule has 0 bridgehead atoms. The van der Waals surface area contributed by atoms with Gasteiger partial charge >= 0.3 is 12.1 Å². The van der Waals surface area contributed by atoms with Gasteiger partial charge in [0.2, 0.25) is 5.60 Å². The molecule has 0 N–H and O–H groups in total. The summed E-state index contributed by atoms with van der Waals surface area (Å²) < 4.78 is 21.4. The molecular formula is C16H19NO6. The number of carbonyl (C=O) groups is 2. The van der Waals surface area contributed by atoms with E-state index in [1.165, 1.54) is 19.1 Å². The number of benzene rings is 1. The SMILES string of the molecule is COC(=O)N1[C@@H]2[C@H](OC1(C)C)O[C@]2(C(=O)OC)c1ccccc1. The number of rotatable bonds is 2. The van der Waals surface area contributed by atoms with E-state index in [0.29, 0.717) is 5.56 Å². The number of nitrogens with zero attached hydrogens (tertiary/aromatic N) is 1. The van der Waals surface area contributed by atoms with Crippen molar-refractivity contribution in [2.75, 3.05) is 14.2 Å². The standard InChI is InChI=1S/C16H19NO6/c1-15(2)17(14(19)21-4)11-12(22-15)23-16(11,13(18)20-3)10-8-6-5-7-9-10/h5-9,11-12H,1-4H3/t11-,12-,16-/m1/s1. The summed E-state index contributed by atoms with van der Waals surface area (Å²) in [6, 6.07) is 8.26. The molecule has 3 rings (SSSR count). The monoisotopic (exact) mass is 321 g/mol. The fraction of sp³-hybridized carbons (Fsp3) is 0.500. The summed E-state index contributed by atoms with van der Waals surface area (Å²) in [4.78, 5) is 26.2. The molecule has 124 valence electrons. The lowest BCUT2D eigenvalue weighted by atomic mass is 9.80. The molecule has 0 aromatic heterocycles. The van der Waals surface area contributed by atoms with Crippen molar-refractivity contribution < 1.29 is 28.5 Å². The zero-order chi connectivity index (χ0) is 16.8. The first kappa shape index (κ1) is 15.8. The Morgan fingerprint density at radius 2 is 1.74 bits per heavy atom. The van der Waals surface area contributed by atoms with Crippen LogP contribution >= 0.6 is 0 Å². The Kier molecular flexibility index (Phi) is 3.57. The number of amides is 1. The normalized spacial score (nSPS) is 31.0. The molecule has 3 atom stereocenters. The Labute approximate surface area is 134 Å². The first-order valence-electron chi connectivity index (χ1n) is 7.25. The van der Waals surface area contributed by atoms with Crippen molar-refractivity contribution in [1.82, 2.24) is 4.90 Å². The van der Waals surface area contributed by atoms with Crippen LogP contribution in [0.1, 0.15) is 19.4 Å². The van der Waals surface area contributed by atoms with E-state index >= 15 is 0 Å². The predicted octanol–water partition coefficient (Wildman–Crippen LogP) is 1.61. The molecule has 2 saturated heterocycles. The smallest absolute Gasteiger partial charge is 0.412 e. The summed E-state index contributed by atoms with van der Waals surface area (Å²) in [5.74, 6) is -0.583. The van der Waals surface area contributed by atoms with E-state index in [9.17, 15) is 9.59 Å². The van der Waals surface area contributed by atoms with E-state index in [4.69, 9.17) is 18.9 Å². The van der Waals surface area contributed by atoms with Crippen LogP contribution in [0.4, 0.5) is 4.79 Å². The Hall–Kier alpha value is -2.12. The summed E-state index contributed by atoms with van der Waals surface area (Å²) in [7, 11) is 2.57. The highest BCUT2D eigenvalue weighted by atomic mass is 16.8. The molecule has 23 heavy (non-hydrogen) atoms. The lowest BCUT2D eigenvalue weighted by molar-refractivity contribution is -0.308. The average Bonchev–Trinajstić information content (AvgIpc) is 2.76. The minimum Gasteiger partial charge on any atom is -0.467 e. The second-order valence-corrected chi connectivity index (χ2v) is 5.93. The summed E-state index contributed by atoms with van der Waals surface area (Å²) in [5.41, 5.74) is -1.79. The highest BCUT2D eigenvalue weighted by Gasteiger charge is 2.73. The number of ether oxygens (including phenoxy) is 4. The van der Waals surface area contributed by atoms with Crippen LogP contribution in [0.3, 0.4) is 0 Å². The minimum atomic E-state index is -1.43. The third-order valence-electron chi connectivity index (χ3n) is 4.30. The molecule has 1 aromatic rings. The van der Waals surface area contributed by atoms with Gasteiger partial charge in [-0.25, -0.2) is 9.59 Å². The maximum absolute atomic E-state index is 12.5. The zero-order valence-electron chi connectivity index (χ0n) is 13.4. The lowest BCUT2D eigenvalue weighted by Gasteiger charge is -2.50. The number of hydrogen-bond donors (Lipinski definition) is 0. The third-order valence-corrected chi connectivity index (χ3v) is 4.30. The van der Waals surface area contributed by atoms with Gasteiger partial charge in [0.15, 0.2) is 6.29 Å². The zero-order valence-corrected chi connectivity index (χ0v) is 13.4. The molecular weight excluding hydrogens is 302 g/mol. The van der Waals surface area contributed by atoms with Gasteiger partial charge in [-0.3, -0.25) is 4.90 Å². The molecule has 1 amide bonds. The second-order valence-electron chi connectivity index (χ2n) is 5.93. The molecule has 1 aromatic carbocycles. The van der Waals surface area contributed by atoms with Crippen LogP contribution in [-0.4, -0.2) is 49.2 Å². The quantitative estimate of drug-likeness (QED) is 0.771. The van der Waals surface area contributed by atoms with Gasteiger partial charge in [0, 0.05) is 0 Å². The van der Waals surface area contributed by atoms with E-state index < -0.39 is 35.7 Å². The number of esters is 1. The van der Waals surface area contributed by atoms with E-state index in [1.807, 2.05) is 6.07 Å². The van der Waals surface area contributed by atoms with Crippen LogP contribution < -0.4 is 0 Å². The number of methoxy groups -OCH3 is 2. The molecule has 0 aliphatic carbocycles. The largest absolute Gasteiger partial charge is 0.467 e. The van der Waals surface area contributed by atoms with E-state index in [0.717, 1.165) is 0 Å². The van der Waals surface area contributed by atoms with Gasteiger partial charge in [0.05, 0.1) is 14.2 Å². The molecule has 2 fully saturated rings. The average molecular weight is 321 g/mol. The van der Waals surface area contributed by atoms with Gasteiger partial charge in [-0.2, -0.15) is 0 Å². The van der Waals surface area contributed by atoms with Crippen molar-refractivity contribution in [3.05, 3.63) is 35.9 Å². The van der Waals surface area contributed by atoms with Crippen molar-refractivity contribution in [3.63, 3.8) is 0 Å². The van der Waals surface area contributed by atoms with Crippen molar-refractivity contribution in [3.8, 4) is 0 Å². The molecule has 2 aliphatic heterocycles. The van der Waals surface area contributed by atoms with Crippen LogP contribution in [0.15, 0.2) is 30.3 Å². The summed E-state index contributed by atoms with van der Waals surface area (Å²) in [6.07, 6.45) is -1.31. The topological polar surface area (TPSA) is 74.3 Å². The van der Waals surface area contributed by atoms with Gasteiger partial charge < -0.3 is 18.9 Å². The Morgan fingerprint density at radius 1 is 1.09 bits per heavy atom. The molecule has 2 aliphatic rings. The lowest BCUT2D eigenvalue weighted by Crippen LogP contribution is -2.70. The first-order valence-corrected chi connectivity index (χ1v) is 7.25. The number of hydrogen-bond acceptors (Lipinski definition) is 6. The Balaban J connectivity index is 2.10. The first-order chi connectivity index (χ1) is 10.9. The molecule has 0 radical (unpaired) electrons. The molecule has 2 heterocycles. The molecule has 7 heteroatoms. The fourth-order valence-electron chi connectivity index (χ4n) is 3.30. The maximum atomic E-state index is 12.5. The summed E-state index contributed by atoms with van der Waals surface area (Å²) in [5, 5.41) is 0. The predicted molar refractivity (Wildman–Crippen MR) is 78.2 cm³/mol. The van der Waals surface area contributed by atoms with Crippen molar-refractivity contribution in [1.29, 1.82) is 0 Å². The minimum absolute atomic E-state index is 0.583. The Bertz CT molecular complexity index is 631. The number of carbonyl (C=O) groups excluding carboxylic acids is 2. The van der Waals surface area contributed by atoms with Crippen LogP contribution in [0.5, 0.6) is 0 Å². The van der Waals surface area contributed by atoms with Gasteiger partial charge in [-0.1, -0.05) is 30.3 Å². The van der Waals surface area contributed by atoms with Crippen molar-refractivity contribution in [2.24, 2.45) is 0 Å². The van der Waals surface area contributed by atoms with Crippen LogP contribution in [0, 0.1) is 0 Å². The molecule has 0 unspecified atom stereocenters. The van der Waals surface area contributed by atoms with Crippen LogP contribution in [-0.2, 0) is 29.3 Å². The van der Waals surface area contributed by atoms with Crippen LogP contribution in [0.25, 0.3) is 0 Å². The highest BCUT2D eigenvalue weighted by molar-refractivity contribution is 5.85. The van der Waals surface area contributed by atoms with Gasteiger partial charge in [0.1, 0.15) is 11.8 Å². The van der Waals surface area contributed by atoms with E-state index in [1.54, 1.807) is 38.1 Å². The molecule has 0 spiro atoms. The van der Waals surface area contributed by atoms with Gasteiger partial charge in [-0.05, 0) is 19.4 Å². The van der Waals surface area contributed by atoms with E-state index in [2.05, 4.69) is 0 Å². The van der Waals surface area contributed by atoms with E-state index in [-0.39, 0.29) is 0 Å². The highest BCUT2D eigenvalue weighted by Crippen LogP contribution is 2.53. The summed E-state index contributed by atoms with van der Waals surface area (Å²) >= 11 is 0. The molecule has 7 nitrogen and oxygen atoms in total. The number of fused-ring (bicyclic) bond motifs is 1. The van der Waals surface area contributed by atoms with Crippen LogP contribution in [0.2, 0.25) is 0 Å². The third kappa shape index (κ3) is 2.04. The van der Waals surface area contributed by atoms with Gasteiger partial charge in [-0.15, -0.1) is 0 Å². The Morgan fingerprint density at radius 3 is 2.30 bits per heavy atom. The summed E-state index contributed by atoms with van der Waals surface area (Å²) in [6.45, 7) is 3.44. The second kappa shape index (κ2) is 5.21. The van der Waals surface area contributed by atoms with Crippen molar-refractivity contribution in [2.45, 2.75) is 37.5 Å². The fourth-order valence-corrected chi connectivity index (χ4v) is 3.30. The molecule has 0 saturated carbocycles. The van der Waals surface area contributed by atoms with Crippen molar-refractivity contribution >= 4 is 12.1 Å².